The normalized spacial score (nSPS) is 16.5. The average molecular weight is 334 g/mol. The summed E-state index contributed by atoms with van der Waals surface area (Å²) in [5.41, 5.74) is 2.29. The van der Waals surface area contributed by atoms with Gasteiger partial charge in [-0.05, 0) is 30.7 Å². The minimum Gasteiger partial charge on any atom is -0.369 e. The van der Waals surface area contributed by atoms with Crippen molar-refractivity contribution in [2.45, 2.75) is 11.8 Å². The maximum absolute atomic E-state index is 13.8. The zero-order chi connectivity index (χ0) is 16.4. The van der Waals surface area contributed by atoms with Gasteiger partial charge in [0, 0.05) is 31.9 Å². The lowest BCUT2D eigenvalue weighted by molar-refractivity contribution is 0.382. The number of benzene rings is 2. The topological polar surface area (TPSA) is 40.6 Å². The Bertz CT molecular complexity index is 800. The zero-order valence-electron chi connectivity index (χ0n) is 12.9. The van der Waals surface area contributed by atoms with Gasteiger partial charge in [-0.1, -0.05) is 30.3 Å². The molecule has 122 valence electrons. The van der Waals surface area contributed by atoms with Gasteiger partial charge in [0.1, 0.15) is 10.7 Å². The lowest BCUT2D eigenvalue weighted by atomic mass is 10.1. The molecular formula is C17H19FN2O2S. The van der Waals surface area contributed by atoms with Gasteiger partial charge < -0.3 is 4.90 Å². The summed E-state index contributed by atoms with van der Waals surface area (Å²) in [4.78, 5) is 1.92. The van der Waals surface area contributed by atoms with Crippen LogP contribution in [0.1, 0.15) is 5.56 Å². The van der Waals surface area contributed by atoms with Crippen LogP contribution in [-0.2, 0) is 10.0 Å². The molecule has 4 nitrogen and oxygen atoms in total. The van der Waals surface area contributed by atoms with Gasteiger partial charge >= 0.3 is 0 Å². The van der Waals surface area contributed by atoms with Crippen LogP contribution < -0.4 is 4.90 Å². The van der Waals surface area contributed by atoms with Crippen LogP contribution in [0.15, 0.2) is 53.4 Å². The number of halogens is 1. The molecular weight excluding hydrogens is 315 g/mol. The second kappa shape index (κ2) is 6.29. The molecule has 23 heavy (non-hydrogen) atoms. The highest BCUT2D eigenvalue weighted by molar-refractivity contribution is 7.89. The van der Waals surface area contributed by atoms with Crippen molar-refractivity contribution in [2.24, 2.45) is 0 Å². The van der Waals surface area contributed by atoms with Gasteiger partial charge in [0.15, 0.2) is 0 Å². The smallest absolute Gasteiger partial charge is 0.246 e. The molecule has 1 aliphatic heterocycles. The van der Waals surface area contributed by atoms with E-state index in [2.05, 4.69) is 4.90 Å². The first kappa shape index (κ1) is 16.0. The maximum atomic E-state index is 13.8. The highest BCUT2D eigenvalue weighted by Crippen LogP contribution is 2.24. The van der Waals surface area contributed by atoms with Crippen molar-refractivity contribution < 1.29 is 12.8 Å². The summed E-state index contributed by atoms with van der Waals surface area (Å²) in [6.45, 7) is 3.94. The summed E-state index contributed by atoms with van der Waals surface area (Å²) in [5, 5.41) is 0. The summed E-state index contributed by atoms with van der Waals surface area (Å²) in [6, 6.07) is 13.6. The molecule has 0 spiro atoms. The Labute approximate surface area is 136 Å². The van der Waals surface area contributed by atoms with E-state index in [1.165, 1.54) is 22.5 Å². The minimum atomic E-state index is -3.78. The van der Waals surface area contributed by atoms with Gasteiger partial charge in [0.05, 0.1) is 0 Å². The Kier molecular flexibility index (Phi) is 4.37. The molecule has 1 heterocycles. The van der Waals surface area contributed by atoms with Gasteiger partial charge in [-0.15, -0.1) is 0 Å². The van der Waals surface area contributed by atoms with Crippen molar-refractivity contribution in [3.63, 3.8) is 0 Å². The first-order valence-corrected chi connectivity index (χ1v) is 8.99. The monoisotopic (exact) mass is 334 g/mol. The number of aryl methyl sites for hydroxylation is 1. The molecule has 0 bridgehead atoms. The van der Waals surface area contributed by atoms with Crippen LogP contribution in [0, 0.1) is 12.7 Å². The average Bonchev–Trinajstić information content (AvgIpc) is 2.56. The molecule has 0 radical (unpaired) electrons. The summed E-state index contributed by atoms with van der Waals surface area (Å²) >= 11 is 0. The van der Waals surface area contributed by atoms with E-state index >= 15 is 0 Å². The van der Waals surface area contributed by atoms with Crippen LogP contribution in [-0.4, -0.2) is 38.9 Å². The fourth-order valence-electron chi connectivity index (χ4n) is 2.88. The quantitative estimate of drug-likeness (QED) is 0.866. The van der Waals surface area contributed by atoms with Crippen molar-refractivity contribution in [3.05, 3.63) is 59.9 Å². The van der Waals surface area contributed by atoms with Crippen LogP contribution in [0.5, 0.6) is 0 Å². The molecule has 1 fully saturated rings. The van der Waals surface area contributed by atoms with Gasteiger partial charge in [0.2, 0.25) is 10.0 Å². The van der Waals surface area contributed by atoms with Crippen LogP contribution >= 0.6 is 0 Å². The molecule has 0 amide bonds. The number of hydrogen-bond donors (Lipinski definition) is 0. The zero-order valence-corrected chi connectivity index (χ0v) is 13.8. The van der Waals surface area contributed by atoms with Gasteiger partial charge in [-0.2, -0.15) is 4.31 Å². The van der Waals surface area contributed by atoms with E-state index in [9.17, 15) is 12.8 Å². The Hall–Kier alpha value is -1.92. The first-order chi connectivity index (χ1) is 11.0. The first-order valence-electron chi connectivity index (χ1n) is 7.55. The Morgan fingerprint density at radius 1 is 0.913 bits per heavy atom. The highest BCUT2D eigenvalue weighted by atomic mass is 32.2. The van der Waals surface area contributed by atoms with E-state index in [1.54, 1.807) is 6.07 Å². The maximum Gasteiger partial charge on any atom is 0.246 e. The molecule has 0 aromatic heterocycles. The number of rotatable bonds is 3. The van der Waals surface area contributed by atoms with E-state index in [0.717, 1.165) is 11.3 Å². The predicted molar refractivity (Wildman–Crippen MR) is 88.6 cm³/mol. The Morgan fingerprint density at radius 2 is 1.52 bits per heavy atom. The Balaban J connectivity index is 1.77. The lowest BCUT2D eigenvalue weighted by Crippen LogP contribution is -2.49. The second-order valence-corrected chi connectivity index (χ2v) is 7.51. The molecule has 6 heteroatoms. The summed E-state index contributed by atoms with van der Waals surface area (Å²) in [7, 11) is -3.78. The molecule has 1 aliphatic rings. The third kappa shape index (κ3) is 3.09. The minimum absolute atomic E-state index is 0.246. The predicted octanol–water partition coefficient (Wildman–Crippen LogP) is 2.65. The van der Waals surface area contributed by atoms with Crippen molar-refractivity contribution in [1.82, 2.24) is 4.31 Å². The fraction of sp³-hybridized carbons (Fsp3) is 0.294. The van der Waals surface area contributed by atoms with Crippen molar-refractivity contribution in [3.8, 4) is 0 Å². The van der Waals surface area contributed by atoms with Gasteiger partial charge in [-0.25, -0.2) is 12.8 Å². The molecule has 0 unspecified atom stereocenters. The van der Waals surface area contributed by atoms with E-state index in [1.807, 2.05) is 31.2 Å². The van der Waals surface area contributed by atoms with E-state index in [4.69, 9.17) is 0 Å². The number of sulfonamides is 1. The summed E-state index contributed by atoms with van der Waals surface area (Å²) < 4.78 is 40.4. The summed E-state index contributed by atoms with van der Waals surface area (Å²) in [5.74, 6) is -0.700. The number of para-hydroxylation sites is 1. The van der Waals surface area contributed by atoms with E-state index in [0.29, 0.717) is 26.2 Å². The van der Waals surface area contributed by atoms with Crippen LogP contribution in [0.2, 0.25) is 0 Å². The third-order valence-electron chi connectivity index (χ3n) is 4.15. The van der Waals surface area contributed by atoms with Crippen molar-refractivity contribution >= 4 is 15.7 Å². The standard InChI is InChI=1S/C17H19FN2O2S/c1-14-6-2-4-8-16(14)19-10-12-20(13-11-19)23(21,22)17-9-5-3-7-15(17)18/h2-9H,10-13H2,1H3. The molecule has 2 aromatic carbocycles. The molecule has 0 saturated carbocycles. The van der Waals surface area contributed by atoms with Crippen LogP contribution in [0.3, 0.4) is 0 Å². The van der Waals surface area contributed by atoms with Gasteiger partial charge in [-0.3, -0.25) is 0 Å². The molecule has 3 rings (SSSR count). The second-order valence-electron chi connectivity index (χ2n) is 5.61. The number of nitrogens with zero attached hydrogens (tertiary/aromatic N) is 2. The SMILES string of the molecule is Cc1ccccc1N1CCN(S(=O)(=O)c2ccccc2F)CC1. The molecule has 0 aliphatic carbocycles. The lowest BCUT2D eigenvalue weighted by Gasteiger charge is -2.36. The Morgan fingerprint density at radius 3 is 2.17 bits per heavy atom. The van der Waals surface area contributed by atoms with Crippen LogP contribution in [0.4, 0.5) is 10.1 Å². The number of piperazine rings is 1. The summed E-state index contributed by atoms with van der Waals surface area (Å²) in [6.07, 6.45) is 0. The fourth-order valence-corrected chi connectivity index (χ4v) is 4.37. The third-order valence-corrected chi connectivity index (χ3v) is 6.08. The molecule has 0 atom stereocenters. The number of anilines is 1. The molecule has 2 aromatic rings. The van der Waals surface area contributed by atoms with Crippen molar-refractivity contribution in [1.29, 1.82) is 0 Å². The van der Waals surface area contributed by atoms with Crippen LogP contribution in [0.25, 0.3) is 0 Å². The molecule has 1 saturated heterocycles. The largest absolute Gasteiger partial charge is 0.369 e. The molecule has 0 N–H and O–H groups in total. The number of hydrogen-bond acceptors (Lipinski definition) is 3. The van der Waals surface area contributed by atoms with E-state index < -0.39 is 15.8 Å². The highest BCUT2D eigenvalue weighted by Gasteiger charge is 2.30. The van der Waals surface area contributed by atoms with Gasteiger partial charge in [0.25, 0.3) is 0 Å². The van der Waals surface area contributed by atoms with E-state index in [-0.39, 0.29) is 4.90 Å². The van der Waals surface area contributed by atoms with Crippen molar-refractivity contribution in [2.75, 3.05) is 31.1 Å².